The number of nitrogens with one attached hydrogen (secondary N) is 2. The summed E-state index contributed by atoms with van der Waals surface area (Å²) < 4.78 is 0. The summed E-state index contributed by atoms with van der Waals surface area (Å²) in [5.41, 5.74) is 0.138. The van der Waals surface area contributed by atoms with E-state index in [1.165, 1.54) is 0 Å². The molecule has 0 bridgehead atoms. The van der Waals surface area contributed by atoms with Crippen molar-refractivity contribution in [1.82, 2.24) is 20.5 Å². The maximum absolute atomic E-state index is 4.19. The molecule has 0 saturated carbocycles. The van der Waals surface area contributed by atoms with Crippen LogP contribution in [0.5, 0.6) is 0 Å². The van der Waals surface area contributed by atoms with Crippen molar-refractivity contribution < 1.29 is 0 Å². The Balaban J connectivity index is 2.57. The summed E-state index contributed by atoms with van der Waals surface area (Å²) in [5, 5.41) is 10.5. The van der Waals surface area contributed by atoms with E-state index >= 15 is 0 Å². The topological polar surface area (TPSA) is 53.6 Å². The molecule has 0 radical (unpaired) electrons. The molecule has 0 aliphatic heterocycles. The second-order valence-electron chi connectivity index (χ2n) is 5.86. The Morgan fingerprint density at radius 1 is 1.38 bits per heavy atom. The second-order valence-corrected chi connectivity index (χ2v) is 5.86. The quantitative estimate of drug-likeness (QED) is 0.805. The van der Waals surface area contributed by atoms with E-state index in [1.54, 1.807) is 6.33 Å². The summed E-state index contributed by atoms with van der Waals surface area (Å²) in [7, 11) is 0. The Bertz CT molecular complexity index is 284. The zero-order valence-electron chi connectivity index (χ0n) is 11.0. The molecule has 4 nitrogen and oxygen atoms in total. The van der Waals surface area contributed by atoms with Crippen molar-refractivity contribution in [3.8, 4) is 0 Å². The fraction of sp³-hybridized carbons (Fsp3) is 0.833. The van der Waals surface area contributed by atoms with Gasteiger partial charge in [0.2, 0.25) is 0 Å². The van der Waals surface area contributed by atoms with Gasteiger partial charge in [-0.1, -0.05) is 13.8 Å². The van der Waals surface area contributed by atoms with Gasteiger partial charge in [0, 0.05) is 18.0 Å². The van der Waals surface area contributed by atoms with Crippen LogP contribution in [0.1, 0.15) is 46.9 Å². The standard InChI is InChI=1S/C12H24N4/c1-9(2)6-10(15-12(3,4)5)7-11-13-8-14-16-11/h8-10,15H,6-7H2,1-5H3,(H,13,14,16). The number of rotatable bonds is 5. The van der Waals surface area contributed by atoms with Crippen LogP contribution in [0.15, 0.2) is 6.33 Å². The van der Waals surface area contributed by atoms with Gasteiger partial charge in [-0.3, -0.25) is 5.10 Å². The highest BCUT2D eigenvalue weighted by molar-refractivity contribution is 4.89. The molecule has 1 unspecified atom stereocenters. The Morgan fingerprint density at radius 3 is 2.50 bits per heavy atom. The SMILES string of the molecule is CC(C)CC(Cc1ncn[nH]1)NC(C)(C)C. The van der Waals surface area contributed by atoms with Gasteiger partial charge in [-0.15, -0.1) is 0 Å². The van der Waals surface area contributed by atoms with Crippen molar-refractivity contribution in [2.45, 2.75) is 59.0 Å². The fourth-order valence-electron chi connectivity index (χ4n) is 1.94. The first-order valence-electron chi connectivity index (χ1n) is 5.99. The van der Waals surface area contributed by atoms with E-state index in [2.05, 4.69) is 55.1 Å². The molecular weight excluding hydrogens is 200 g/mol. The average molecular weight is 224 g/mol. The van der Waals surface area contributed by atoms with Crippen LogP contribution in [0.25, 0.3) is 0 Å². The van der Waals surface area contributed by atoms with Gasteiger partial charge in [-0.2, -0.15) is 5.10 Å². The first-order chi connectivity index (χ1) is 7.37. The van der Waals surface area contributed by atoms with Crippen molar-refractivity contribution in [2.75, 3.05) is 0 Å². The number of nitrogens with zero attached hydrogens (tertiary/aromatic N) is 2. The van der Waals surface area contributed by atoms with Crippen LogP contribution in [-0.4, -0.2) is 26.8 Å². The number of hydrogen-bond donors (Lipinski definition) is 2. The van der Waals surface area contributed by atoms with Gasteiger partial charge in [0.05, 0.1) is 0 Å². The lowest BCUT2D eigenvalue weighted by molar-refractivity contribution is 0.317. The van der Waals surface area contributed by atoms with E-state index in [0.29, 0.717) is 12.0 Å². The summed E-state index contributed by atoms with van der Waals surface area (Å²) in [6.07, 6.45) is 3.63. The van der Waals surface area contributed by atoms with Gasteiger partial charge in [0.1, 0.15) is 12.2 Å². The molecule has 1 aromatic heterocycles. The highest BCUT2D eigenvalue weighted by Gasteiger charge is 2.19. The molecule has 92 valence electrons. The highest BCUT2D eigenvalue weighted by Crippen LogP contribution is 2.12. The Kier molecular flexibility index (Phi) is 4.47. The molecular formula is C12H24N4. The maximum Gasteiger partial charge on any atom is 0.137 e. The lowest BCUT2D eigenvalue weighted by Gasteiger charge is -2.29. The Morgan fingerprint density at radius 2 is 2.06 bits per heavy atom. The largest absolute Gasteiger partial charge is 0.309 e. The minimum absolute atomic E-state index is 0.138. The molecule has 1 heterocycles. The first kappa shape index (κ1) is 13.2. The molecule has 1 aromatic rings. The van der Waals surface area contributed by atoms with Crippen LogP contribution in [-0.2, 0) is 6.42 Å². The first-order valence-corrected chi connectivity index (χ1v) is 5.99. The molecule has 0 aliphatic rings. The minimum atomic E-state index is 0.138. The summed E-state index contributed by atoms with van der Waals surface area (Å²) in [5.74, 6) is 1.64. The lowest BCUT2D eigenvalue weighted by atomic mass is 9.97. The Labute approximate surface area is 98.2 Å². The van der Waals surface area contributed by atoms with Crippen molar-refractivity contribution in [3.05, 3.63) is 12.2 Å². The molecule has 16 heavy (non-hydrogen) atoms. The summed E-state index contributed by atoms with van der Waals surface area (Å²) in [6.45, 7) is 11.1. The predicted octanol–water partition coefficient (Wildman–Crippen LogP) is 2.15. The third-order valence-electron chi connectivity index (χ3n) is 2.30. The van der Waals surface area contributed by atoms with E-state index in [4.69, 9.17) is 0 Å². The predicted molar refractivity (Wildman–Crippen MR) is 66.2 cm³/mol. The van der Waals surface area contributed by atoms with Crippen molar-refractivity contribution >= 4 is 0 Å². The average Bonchev–Trinajstić information content (AvgIpc) is 2.51. The zero-order valence-corrected chi connectivity index (χ0v) is 11.0. The zero-order chi connectivity index (χ0) is 12.2. The molecule has 1 atom stereocenters. The van der Waals surface area contributed by atoms with Gasteiger partial charge in [0.25, 0.3) is 0 Å². The van der Waals surface area contributed by atoms with Crippen LogP contribution in [0.2, 0.25) is 0 Å². The Hall–Kier alpha value is -0.900. The molecule has 0 aliphatic carbocycles. The van der Waals surface area contributed by atoms with E-state index < -0.39 is 0 Å². The molecule has 0 aromatic carbocycles. The van der Waals surface area contributed by atoms with Crippen molar-refractivity contribution in [3.63, 3.8) is 0 Å². The number of H-pyrrole nitrogens is 1. The molecule has 4 heteroatoms. The third-order valence-corrected chi connectivity index (χ3v) is 2.30. The van der Waals surface area contributed by atoms with Gasteiger partial charge in [0.15, 0.2) is 0 Å². The van der Waals surface area contributed by atoms with Gasteiger partial charge >= 0.3 is 0 Å². The molecule has 0 fully saturated rings. The summed E-state index contributed by atoms with van der Waals surface area (Å²) in [6, 6.07) is 0.452. The number of aromatic amines is 1. The summed E-state index contributed by atoms with van der Waals surface area (Å²) >= 11 is 0. The van der Waals surface area contributed by atoms with Crippen LogP contribution in [0.4, 0.5) is 0 Å². The number of hydrogen-bond acceptors (Lipinski definition) is 3. The second kappa shape index (κ2) is 5.43. The van der Waals surface area contributed by atoms with Gasteiger partial charge < -0.3 is 5.32 Å². The third kappa shape index (κ3) is 5.26. The van der Waals surface area contributed by atoms with E-state index in [1.807, 2.05) is 0 Å². The molecule has 1 rings (SSSR count). The molecule has 0 amide bonds. The normalized spacial score (nSPS) is 14.4. The number of aromatic nitrogens is 3. The van der Waals surface area contributed by atoms with Crippen LogP contribution < -0.4 is 5.32 Å². The van der Waals surface area contributed by atoms with E-state index in [0.717, 1.165) is 18.7 Å². The molecule has 0 spiro atoms. The van der Waals surface area contributed by atoms with Crippen molar-refractivity contribution in [1.29, 1.82) is 0 Å². The van der Waals surface area contributed by atoms with Crippen LogP contribution in [0.3, 0.4) is 0 Å². The molecule has 2 N–H and O–H groups in total. The highest BCUT2D eigenvalue weighted by atomic mass is 15.2. The smallest absolute Gasteiger partial charge is 0.137 e. The minimum Gasteiger partial charge on any atom is -0.309 e. The fourth-order valence-corrected chi connectivity index (χ4v) is 1.94. The van der Waals surface area contributed by atoms with Gasteiger partial charge in [-0.25, -0.2) is 4.98 Å². The van der Waals surface area contributed by atoms with Crippen LogP contribution in [0, 0.1) is 5.92 Å². The lowest BCUT2D eigenvalue weighted by Crippen LogP contribution is -2.45. The van der Waals surface area contributed by atoms with Gasteiger partial charge in [-0.05, 0) is 33.1 Å². The summed E-state index contributed by atoms with van der Waals surface area (Å²) in [4.78, 5) is 4.19. The van der Waals surface area contributed by atoms with E-state index in [-0.39, 0.29) is 5.54 Å². The van der Waals surface area contributed by atoms with E-state index in [9.17, 15) is 0 Å². The monoisotopic (exact) mass is 224 g/mol. The molecule has 0 saturated heterocycles. The maximum atomic E-state index is 4.19. The van der Waals surface area contributed by atoms with Crippen LogP contribution >= 0.6 is 0 Å². The van der Waals surface area contributed by atoms with Crippen molar-refractivity contribution in [2.24, 2.45) is 5.92 Å².